The maximum Gasteiger partial charge on any atom is 0.240 e. The number of methoxy groups -OCH3 is 1. The first-order valence-corrected chi connectivity index (χ1v) is 13.9. The fourth-order valence-electron chi connectivity index (χ4n) is 5.32. The summed E-state index contributed by atoms with van der Waals surface area (Å²) in [6, 6.07) is 3.22. The Morgan fingerprint density at radius 2 is 2.05 bits per heavy atom. The van der Waals surface area contributed by atoms with Crippen LogP contribution in [0.25, 0.3) is 34.2 Å². The molecule has 0 spiro atoms. The van der Waals surface area contributed by atoms with Crippen LogP contribution in [0.15, 0.2) is 12.1 Å². The van der Waals surface area contributed by atoms with Gasteiger partial charge in [-0.3, -0.25) is 14.7 Å². The molecule has 1 aliphatic heterocycles. The molecule has 0 fully saturated rings. The number of hydrogen-bond acceptors (Lipinski definition) is 8. The van der Waals surface area contributed by atoms with E-state index in [1.54, 1.807) is 31.8 Å². The third-order valence-corrected chi connectivity index (χ3v) is 7.14. The Kier molecular flexibility index (Phi) is 8.43. The van der Waals surface area contributed by atoms with Crippen molar-refractivity contribution in [3.63, 3.8) is 0 Å². The van der Waals surface area contributed by atoms with Crippen LogP contribution in [0, 0.1) is 5.82 Å². The molecule has 1 aliphatic rings. The molecule has 0 saturated heterocycles. The Labute approximate surface area is 238 Å². The molecule has 5 rings (SSSR count). The van der Waals surface area contributed by atoms with E-state index in [9.17, 15) is 5.11 Å². The third-order valence-electron chi connectivity index (χ3n) is 7.14. The van der Waals surface area contributed by atoms with E-state index in [4.69, 9.17) is 19.3 Å². The summed E-state index contributed by atoms with van der Waals surface area (Å²) in [4.78, 5) is 2.24. The molecule has 0 radical (unpaired) electrons. The molecule has 220 valence electrons. The molecule has 2 atom stereocenters. The summed E-state index contributed by atoms with van der Waals surface area (Å²) in [5.41, 5.74) is 4.42. The second-order valence-corrected chi connectivity index (χ2v) is 10.4. The number of aliphatic hydroxyl groups excluding tert-OH is 1. The number of aromatic nitrogens is 6. The SMILES string of the molecule is CCOc1nn(C[C@H](C)O)c2c1/C=C/c1n[nH]c3cc(F)c(cc13)-c1c(COC)nn(C)c1O[C@@H](C)CN(CC)C2. The molecule has 2 bridgehead atoms. The van der Waals surface area contributed by atoms with Crippen LogP contribution in [-0.2, 0) is 31.5 Å². The van der Waals surface area contributed by atoms with E-state index in [0.29, 0.717) is 66.0 Å². The van der Waals surface area contributed by atoms with Gasteiger partial charge < -0.3 is 19.3 Å². The zero-order valence-electron chi connectivity index (χ0n) is 24.4. The first-order chi connectivity index (χ1) is 19.7. The van der Waals surface area contributed by atoms with Crippen molar-refractivity contribution in [2.24, 2.45) is 7.05 Å². The number of rotatable bonds is 7. The highest BCUT2D eigenvalue weighted by Crippen LogP contribution is 2.38. The van der Waals surface area contributed by atoms with Crippen molar-refractivity contribution >= 4 is 23.1 Å². The lowest BCUT2D eigenvalue weighted by molar-refractivity contribution is 0.131. The normalized spacial score (nSPS) is 17.5. The second-order valence-electron chi connectivity index (χ2n) is 10.4. The molecule has 0 unspecified atom stereocenters. The van der Waals surface area contributed by atoms with Crippen molar-refractivity contribution in [3.8, 4) is 22.9 Å². The number of benzene rings is 1. The molecule has 2 N–H and O–H groups in total. The molecule has 0 amide bonds. The largest absolute Gasteiger partial charge is 0.476 e. The molecule has 0 saturated carbocycles. The van der Waals surface area contributed by atoms with Crippen LogP contribution in [0.4, 0.5) is 4.39 Å². The fourth-order valence-corrected chi connectivity index (χ4v) is 5.32. The Bertz CT molecular complexity index is 1550. The van der Waals surface area contributed by atoms with Gasteiger partial charge in [-0.05, 0) is 45.5 Å². The van der Waals surface area contributed by atoms with Gasteiger partial charge in [-0.1, -0.05) is 6.92 Å². The van der Waals surface area contributed by atoms with Crippen molar-refractivity contribution in [2.75, 3.05) is 26.8 Å². The van der Waals surface area contributed by atoms with Gasteiger partial charge in [0, 0.05) is 44.3 Å². The van der Waals surface area contributed by atoms with Crippen LogP contribution in [0.1, 0.15) is 50.3 Å². The lowest BCUT2D eigenvalue weighted by Gasteiger charge is -2.26. The third kappa shape index (κ3) is 5.72. The van der Waals surface area contributed by atoms with E-state index in [-0.39, 0.29) is 12.7 Å². The Morgan fingerprint density at radius 3 is 2.76 bits per heavy atom. The van der Waals surface area contributed by atoms with Crippen molar-refractivity contribution in [3.05, 3.63) is 40.6 Å². The summed E-state index contributed by atoms with van der Waals surface area (Å²) in [7, 11) is 3.37. The zero-order valence-corrected chi connectivity index (χ0v) is 24.4. The predicted molar refractivity (Wildman–Crippen MR) is 154 cm³/mol. The van der Waals surface area contributed by atoms with Gasteiger partial charge in [0.05, 0.1) is 53.9 Å². The Hall–Kier alpha value is -3.74. The standard InChI is InChI=1S/C29H38FN7O4/c1-7-36-14-18(4)41-29-27(25(16-39-6)33-35(29)5)20-11-21-23(31-32-24(21)12-22(20)30)10-9-19-26(15-36)37(13-17(3)38)34-28(19)40-8-2/h9-12,17-18,38H,7-8,13-16H2,1-6H3,(H,31,32)/b10-9+/t17-,18-/m0/s1. The van der Waals surface area contributed by atoms with Gasteiger partial charge in [-0.25, -0.2) is 9.07 Å². The van der Waals surface area contributed by atoms with Gasteiger partial charge in [0.15, 0.2) is 0 Å². The smallest absolute Gasteiger partial charge is 0.240 e. The average molecular weight is 568 g/mol. The lowest BCUT2D eigenvalue weighted by atomic mass is 10.0. The number of halogens is 1. The van der Waals surface area contributed by atoms with Crippen molar-refractivity contribution in [1.29, 1.82) is 0 Å². The molecular weight excluding hydrogens is 529 g/mol. The number of aromatic amines is 1. The molecule has 12 heteroatoms. The van der Waals surface area contributed by atoms with Crippen molar-refractivity contribution in [2.45, 2.75) is 59.6 Å². The molecule has 0 aliphatic carbocycles. The number of nitrogens with zero attached hydrogens (tertiary/aromatic N) is 6. The molecule has 4 heterocycles. The van der Waals surface area contributed by atoms with Gasteiger partial charge in [-0.2, -0.15) is 10.2 Å². The monoisotopic (exact) mass is 567 g/mol. The van der Waals surface area contributed by atoms with Gasteiger partial charge in [0.25, 0.3) is 0 Å². The van der Waals surface area contributed by atoms with E-state index >= 15 is 4.39 Å². The number of ether oxygens (including phenoxy) is 3. The minimum Gasteiger partial charge on any atom is -0.476 e. The van der Waals surface area contributed by atoms with Crippen LogP contribution in [0.5, 0.6) is 11.8 Å². The predicted octanol–water partition coefficient (Wildman–Crippen LogP) is 4.00. The number of hydrogen-bond donors (Lipinski definition) is 2. The fraction of sp³-hybridized carbons (Fsp3) is 0.483. The molecule has 3 aromatic heterocycles. The maximum atomic E-state index is 15.7. The lowest BCUT2D eigenvalue weighted by Crippen LogP contribution is -2.35. The first kappa shape index (κ1) is 28.8. The summed E-state index contributed by atoms with van der Waals surface area (Å²) in [5, 5.41) is 27.7. The average Bonchev–Trinajstić information content (AvgIpc) is 3.55. The molecule has 1 aromatic carbocycles. The summed E-state index contributed by atoms with van der Waals surface area (Å²) in [6.07, 6.45) is 2.95. The molecule has 4 aromatic rings. The minimum atomic E-state index is -0.598. The van der Waals surface area contributed by atoms with Gasteiger partial charge in [-0.15, -0.1) is 5.10 Å². The highest BCUT2D eigenvalue weighted by atomic mass is 19.1. The number of fused-ring (bicyclic) bond motifs is 4. The number of nitrogens with one attached hydrogen (secondary N) is 1. The van der Waals surface area contributed by atoms with Crippen LogP contribution < -0.4 is 9.47 Å². The molecule has 41 heavy (non-hydrogen) atoms. The number of likely N-dealkylation sites (N-methyl/N-ethyl adjacent to an activating group) is 1. The van der Waals surface area contributed by atoms with Crippen molar-refractivity contribution < 1.29 is 23.7 Å². The number of H-pyrrole nitrogens is 1. The van der Waals surface area contributed by atoms with Crippen LogP contribution in [-0.4, -0.2) is 78.8 Å². The summed E-state index contributed by atoms with van der Waals surface area (Å²) in [5.74, 6) is 0.533. The number of aryl methyl sites for hydroxylation is 1. The molecular formula is C29H38FN7O4. The van der Waals surface area contributed by atoms with Crippen LogP contribution in [0.2, 0.25) is 0 Å². The van der Waals surface area contributed by atoms with E-state index in [2.05, 4.69) is 27.1 Å². The Morgan fingerprint density at radius 1 is 1.24 bits per heavy atom. The van der Waals surface area contributed by atoms with Crippen LogP contribution >= 0.6 is 0 Å². The summed E-state index contributed by atoms with van der Waals surface area (Å²) >= 11 is 0. The topological polar surface area (TPSA) is 115 Å². The minimum absolute atomic E-state index is 0.201. The van der Waals surface area contributed by atoms with E-state index in [1.807, 2.05) is 30.7 Å². The highest BCUT2D eigenvalue weighted by molar-refractivity contribution is 5.93. The van der Waals surface area contributed by atoms with E-state index < -0.39 is 11.9 Å². The molecule has 11 nitrogen and oxygen atoms in total. The van der Waals surface area contributed by atoms with Gasteiger partial charge in [0.2, 0.25) is 11.8 Å². The van der Waals surface area contributed by atoms with Crippen molar-refractivity contribution in [1.82, 2.24) is 34.7 Å². The second kappa shape index (κ2) is 12.0. The van der Waals surface area contributed by atoms with Crippen LogP contribution in [0.3, 0.4) is 0 Å². The quantitative estimate of drug-likeness (QED) is 0.345. The number of aliphatic hydroxyl groups is 1. The highest BCUT2D eigenvalue weighted by Gasteiger charge is 2.27. The summed E-state index contributed by atoms with van der Waals surface area (Å²) < 4.78 is 37.0. The maximum absolute atomic E-state index is 15.7. The van der Waals surface area contributed by atoms with Gasteiger partial charge >= 0.3 is 0 Å². The van der Waals surface area contributed by atoms with Gasteiger partial charge in [0.1, 0.15) is 17.6 Å². The van der Waals surface area contributed by atoms with E-state index in [0.717, 1.165) is 23.2 Å². The summed E-state index contributed by atoms with van der Waals surface area (Å²) in [6.45, 7) is 10.5. The first-order valence-electron chi connectivity index (χ1n) is 13.9. The zero-order chi connectivity index (χ0) is 29.3. The Balaban J connectivity index is 1.75. The van der Waals surface area contributed by atoms with E-state index in [1.165, 1.54) is 6.07 Å².